The minimum absolute atomic E-state index is 0.408. The van der Waals surface area contributed by atoms with Gasteiger partial charge in [-0.25, -0.2) is 5.26 Å². The molecule has 1 rings (SSSR count). The van der Waals surface area contributed by atoms with E-state index < -0.39 is 0 Å². The molecule has 56 valence electrons. The zero-order valence-electron chi connectivity index (χ0n) is 5.54. The van der Waals surface area contributed by atoms with Crippen molar-refractivity contribution < 1.29 is 10.1 Å². The summed E-state index contributed by atoms with van der Waals surface area (Å²) in [5, 5.41) is 8.21. The molecule has 0 aliphatic carbocycles. The van der Waals surface area contributed by atoms with Crippen molar-refractivity contribution in [3.05, 3.63) is 29.8 Å². The van der Waals surface area contributed by atoms with Crippen LogP contribution in [0, 0.1) is 10.8 Å². The monoisotopic (exact) mass is 212 g/mol. The lowest BCUT2D eigenvalue weighted by molar-refractivity contribution is -0.137. The molecule has 0 heterocycles. The third-order valence-corrected chi connectivity index (χ3v) is 1.35. The van der Waals surface area contributed by atoms with Crippen LogP contribution in [0.3, 0.4) is 0 Å². The Kier molecular flexibility index (Phi) is 2.96. The van der Waals surface area contributed by atoms with Crippen LogP contribution >= 0.6 is 15.9 Å². The van der Waals surface area contributed by atoms with Crippen molar-refractivity contribution >= 4 is 15.9 Å². The standard InChI is InChI=1S/C8H5BrO2/c9-6-5-7-1-3-8(11-10)4-2-7/h1-4,10H. The van der Waals surface area contributed by atoms with E-state index >= 15 is 0 Å². The van der Waals surface area contributed by atoms with Crippen molar-refractivity contribution in [2.24, 2.45) is 0 Å². The van der Waals surface area contributed by atoms with E-state index in [4.69, 9.17) is 5.26 Å². The summed E-state index contributed by atoms with van der Waals surface area (Å²) >= 11 is 2.98. The van der Waals surface area contributed by atoms with E-state index in [0.717, 1.165) is 5.56 Å². The van der Waals surface area contributed by atoms with Crippen LogP contribution in [-0.4, -0.2) is 5.26 Å². The van der Waals surface area contributed by atoms with Gasteiger partial charge >= 0.3 is 0 Å². The Hall–Kier alpha value is -0.980. The van der Waals surface area contributed by atoms with Gasteiger partial charge in [-0.05, 0) is 29.1 Å². The molecule has 0 aliphatic heterocycles. The zero-order valence-corrected chi connectivity index (χ0v) is 7.13. The average Bonchev–Trinajstić information content (AvgIpc) is 2.07. The summed E-state index contributed by atoms with van der Waals surface area (Å²) in [4.78, 5) is 6.57. The van der Waals surface area contributed by atoms with E-state index in [1.165, 1.54) is 0 Å². The Labute approximate surface area is 72.9 Å². The fourth-order valence-electron chi connectivity index (χ4n) is 0.654. The molecule has 3 heteroatoms. The molecule has 0 saturated carbocycles. The number of rotatable bonds is 1. The molecule has 2 nitrogen and oxygen atoms in total. The highest BCUT2D eigenvalue weighted by Crippen LogP contribution is 2.09. The van der Waals surface area contributed by atoms with Gasteiger partial charge in [0.15, 0.2) is 5.75 Å². The second-order valence-electron chi connectivity index (χ2n) is 1.84. The molecule has 0 spiro atoms. The van der Waals surface area contributed by atoms with Gasteiger partial charge in [-0.3, -0.25) is 0 Å². The molecule has 1 N–H and O–H groups in total. The summed E-state index contributed by atoms with van der Waals surface area (Å²) in [6.45, 7) is 0. The van der Waals surface area contributed by atoms with Gasteiger partial charge in [0.05, 0.1) is 0 Å². The first kappa shape index (κ1) is 8.12. The van der Waals surface area contributed by atoms with E-state index in [0.29, 0.717) is 5.75 Å². The molecule has 0 unspecified atom stereocenters. The van der Waals surface area contributed by atoms with E-state index in [-0.39, 0.29) is 0 Å². The Bertz CT molecular complexity index is 281. The molecular formula is C8H5BrO2. The van der Waals surface area contributed by atoms with Crippen molar-refractivity contribution in [3.8, 4) is 16.5 Å². The van der Waals surface area contributed by atoms with Gasteiger partial charge in [-0.1, -0.05) is 5.92 Å². The lowest BCUT2D eigenvalue weighted by Crippen LogP contribution is -1.82. The summed E-state index contributed by atoms with van der Waals surface area (Å²) in [5.74, 6) is 3.20. The first-order valence-electron chi connectivity index (χ1n) is 2.90. The number of halogens is 1. The summed E-state index contributed by atoms with van der Waals surface area (Å²) < 4.78 is 0. The maximum Gasteiger partial charge on any atom is 0.165 e. The predicted octanol–water partition coefficient (Wildman–Crippen LogP) is 2.24. The zero-order chi connectivity index (χ0) is 8.10. The van der Waals surface area contributed by atoms with Gasteiger partial charge in [-0.15, -0.1) is 0 Å². The highest BCUT2D eigenvalue weighted by atomic mass is 79.9. The molecule has 0 aliphatic rings. The quantitative estimate of drug-likeness (QED) is 0.440. The minimum Gasteiger partial charge on any atom is -0.340 e. The summed E-state index contributed by atoms with van der Waals surface area (Å²) in [5.41, 5.74) is 0.864. The molecule has 0 aromatic heterocycles. The van der Waals surface area contributed by atoms with Crippen molar-refractivity contribution in [2.75, 3.05) is 0 Å². The Morgan fingerprint density at radius 3 is 2.36 bits per heavy atom. The fourth-order valence-corrected chi connectivity index (χ4v) is 0.883. The topological polar surface area (TPSA) is 29.5 Å². The second-order valence-corrected chi connectivity index (χ2v) is 2.23. The molecular weight excluding hydrogens is 208 g/mol. The lowest BCUT2D eigenvalue weighted by atomic mass is 10.2. The van der Waals surface area contributed by atoms with Crippen molar-refractivity contribution in [1.29, 1.82) is 0 Å². The molecule has 0 atom stereocenters. The van der Waals surface area contributed by atoms with E-state index in [9.17, 15) is 0 Å². The first-order valence-corrected chi connectivity index (χ1v) is 3.69. The second kappa shape index (κ2) is 4.02. The molecule has 0 bridgehead atoms. The van der Waals surface area contributed by atoms with Crippen LogP contribution in [0.25, 0.3) is 0 Å². The van der Waals surface area contributed by atoms with Gasteiger partial charge in [0, 0.05) is 21.5 Å². The number of hydrogen-bond donors (Lipinski definition) is 1. The van der Waals surface area contributed by atoms with Gasteiger partial charge < -0.3 is 4.89 Å². The molecule has 1 aromatic rings. The Morgan fingerprint density at radius 2 is 1.91 bits per heavy atom. The summed E-state index contributed by atoms with van der Waals surface area (Å²) in [6.07, 6.45) is 0. The Balaban J connectivity index is 2.88. The summed E-state index contributed by atoms with van der Waals surface area (Å²) in [6, 6.07) is 6.76. The van der Waals surface area contributed by atoms with E-state index in [2.05, 4.69) is 31.6 Å². The maximum absolute atomic E-state index is 8.21. The average molecular weight is 213 g/mol. The number of hydrogen-bond acceptors (Lipinski definition) is 2. The largest absolute Gasteiger partial charge is 0.340 e. The highest BCUT2D eigenvalue weighted by Gasteiger charge is 1.90. The first-order chi connectivity index (χ1) is 5.36. The summed E-state index contributed by atoms with van der Waals surface area (Å²) in [7, 11) is 0. The van der Waals surface area contributed by atoms with Gasteiger partial charge in [0.2, 0.25) is 0 Å². The van der Waals surface area contributed by atoms with Crippen molar-refractivity contribution in [3.63, 3.8) is 0 Å². The molecule has 11 heavy (non-hydrogen) atoms. The fraction of sp³-hybridized carbons (Fsp3) is 0. The van der Waals surface area contributed by atoms with Crippen LogP contribution in [0.1, 0.15) is 5.56 Å². The number of benzene rings is 1. The third kappa shape index (κ3) is 2.26. The molecule has 0 fully saturated rings. The molecule has 0 saturated heterocycles. The van der Waals surface area contributed by atoms with E-state index in [1.807, 2.05) is 0 Å². The van der Waals surface area contributed by atoms with Gasteiger partial charge in [-0.2, -0.15) is 0 Å². The van der Waals surface area contributed by atoms with Gasteiger partial charge in [0.25, 0.3) is 0 Å². The highest BCUT2D eigenvalue weighted by molar-refractivity contribution is 9.12. The smallest absolute Gasteiger partial charge is 0.165 e. The molecule has 0 amide bonds. The molecule has 1 aromatic carbocycles. The van der Waals surface area contributed by atoms with Gasteiger partial charge in [0.1, 0.15) is 0 Å². The molecule has 0 radical (unpaired) electrons. The third-order valence-electron chi connectivity index (χ3n) is 1.15. The van der Waals surface area contributed by atoms with Crippen LogP contribution in [0.15, 0.2) is 24.3 Å². The predicted molar refractivity (Wildman–Crippen MR) is 45.5 cm³/mol. The van der Waals surface area contributed by atoms with Crippen LogP contribution in [0.4, 0.5) is 0 Å². The van der Waals surface area contributed by atoms with Crippen molar-refractivity contribution in [2.45, 2.75) is 0 Å². The normalized spacial score (nSPS) is 8.18. The Morgan fingerprint density at radius 1 is 1.27 bits per heavy atom. The SMILES string of the molecule is OOc1ccc(C#CBr)cc1. The van der Waals surface area contributed by atoms with Crippen molar-refractivity contribution in [1.82, 2.24) is 0 Å². The van der Waals surface area contributed by atoms with Crippen LogP contribution in [-0.2, 0) is 0 Å². The van der Waals surface area contributed by atoms with Crippen LogP contribution < -0.4 is 4.89 Å². The van der Waals surface area contributed by atoms with Crippen LogP contribution in [0.2, 0.25) is 0 Å². The lowest BCUT2D eigenvalue weighted by Gasteiger charge is -1.94. The minimum atomic E-state index is 0.408. The van der Waals surface area contributed by atoms with E-state index in [1.54, 1.807) is 24.3 Å². The maximum atomic E-state index is 8.21. The van der Waals surface area contributed by atoms with Crippen LogP contribution in [0.5, 0.6) is 5.75 Å².